The fourth-order valence-electron chi connectivity index (χ4n) is 1.71. The molecule has 3 heteroatoms. The Labute approximate surface area is 119 Å². The van der Waals surface area contributed by atoms with E-state index in [0.717, 1.165) is 30.5 Å². The molecule has 0 radical (unpaired) electrons. The van der Waals surface area contributed by atoms with Crippen molar-refractivity contribution in [2.45, 2.75) is 26.7 Å². The van der Waals surface area contributed by atoms with Gasteiger partial charge in [-0.25, -0.2) is 0 Å². The summed E-state index contributed by atoms with van der Waals surface area (Å²) in [6.45, 7) is 6.48. The van der Waals surface area contributed by atoms with Gasteiger partial charge in [-0.05, 0) is 25.0 Å². The lowest BCUT2D eigenvalue weighted by Crippen LogP contribution is -2.28. The van der Waals surface area contributed by atoms with Crippen molar-refractivity contribution in [2.75, 3.05) is 25.2 Å². The first-order chi connectivity index (χ1) is 8.76. The summed E-state index contributed by atoms with van der Waals surface area (Å²) in [4.78, 5) is 0. The molecule has 0 bridgehead atoms. The third kappa shape index (κ3) is 4.99. The van der Waals surface area contributed by atoms with Crippen LogP contribution in [0, 0.1) is 5.41 Å². The number of halogens is 1. The number of alkyl halides is 1. The van der Waals surface area contributed by atoms with Gasteiger partial charge in [0.1, 0.15) is 12.4 Å². The molecule has 0 saturated carbocycles. The molecule has 0 spiro atoms. The lowest BCUT2D eigenvalue weighted by Gasteiger charge is -2.29. The molecule has 1 aromatic carbocycles. The summed E-state index contributed by atoms with van der Waals surface area (Å²) in [6.07, 6.45) is 2.27. The first-order valence-corrected chi connectivity index (χ1v) is 7.70. The van der Waals surface area contributed by atoms with Crippen molar-refractivity contribution in [3.63, 3.8) is 0 Å². The number of rotatable bonds is 9. The predicted molar refractivity (Wildman–Crippen MR) is 79.6 cm³/mol. The lowest BCUT2D eigenvalue weighted by atomic mass is 9.86. The molecule has 0 aromatic heterocycles. The van der Waals surface area contributed by atoms with Gasteiger partial charge >= 0.3 is 0 Å². The van der Waals surface area contributed by atoms with Crippen molar-refractivity contribution in [3.05, 3.63) is 30.3 Å². The summed E-state index contributed by atoms with van der Waals surface area (Å²) in [5.41, 5.74) is 0.271. The molecule has 0 N–H and O–H groups in total. The van der Waals surface area contributed by atoms with Crippen LogP contribution in [-0.2, 0) is 4.74 Å². The summed E-state index contributed by atoms with van der Waals surface area (Å²) in [5.74, 6) is 0.902. The van der Waals surface area contributed by atoms with Crippen LogP contribution in [0.3, 0.4) is 0 Å². The van der Waals surface area contributed by atoms with Gasteiger partial charge in [0.25, 0.3) is 0 Å². The summed E-state index contributed by atoms with van der Waals surface area (Å²) in [6, 6.07) is 9.85. The highest BCUT2D eigenvalue weighted by Crippen LogP contribution is 2.28. The summed E-state index contributed by atoms with van der Waals surface area (Å²) >= 11 is 3.59. The van der Waals surface area contributed by atoms with Crippen LogP contribution in [0.15, 0.2) is 30.3 Å². The third-order valence-electron chi connectivity index (χ3n) is 3.43. The van der Waals surface area contributed by atoms with Crippen LogP contribution >= 0.6 is 15.9 Å². The molecule has 0 unspecified atom stereocenters. The maximum absolute atomic E-state index is 5.74. The largest absolute Gasteiger partial charge is 0.491 e. The van der Waals surface area contributed by atoms with Gasteiger partial charge in [-0.1, -0.05) is 48.0 Å². The molecule has 1 aromatic rings. The van der Waals surface area contributed by atoms with E-state index in [9.17, 15) is 0 Å². The van der Waals surface area contributed by atoms with Crippen LogP contribution in [0.4, 0.5) is 0 Å². The molecule has 0 heterocycles. The van der Waals surface area contributed by atoms with Crippen LogP contribution in [0.5, 0.6) is 5.75 Å². The summed E-state index contributed by atoms with van der Waals surface area (Å²) in [5, 5.41) is 0.993. The Bertz CT molecular complexity index is 301. The Hall–Kier alpha value is -0.540. The minimum Gasteiger partial charge on any atom is -0.491 e. The van der Waals surface area contributed by atoms with E-state index in [2.05, 4.69) is 29.8 Å². The number of hydrogen-bond donors (Lipinski definition) is 0. The Morgan fingerprint density at radius 1 is 1.06 bits per heavy atom. The van der Waals surface area contributed by atoms with Gasteiger partial charge in [0.15, 0.2) is 0 Å². The van der Waals surface area contributed by atoms with E-state index in [0.29, 0.717) is 13.2 Å². The first-order valence-electron chi connectivity index (χ1n) is 6.58. The van der Waals surface area contributed by atoms with Crippen molar-refractivity contribution >= 4 is 15.9 Å². The summed E-state index contributed by atoms with van der Waals surface area (Å²) < 4.78 is 11.3. The highest BCUT2D eigenvalue weighted by Gasteiger charge is 2.24. The fourth-order valence-corrected chi connectivity index (χ4v) is 2.66. The van der Waals surface area contributed by atoms with E-state index >= 15 is 0 Å². The smallest absolute Gasteiger partial charge is 0.119 e. The van der Waals surface area contributed by atoms with E-state index in [1.807, 2.05) is 30.3 Å². The molecule has 0 saturated heterocycles. The zero-order valence-corrected chi connectivity index (χ0v) is 12.9. The second kappa shape index (κ2) is 8.54. The van der Waals surface area contributed by atoms with Gasteiger partial charge in [-0.15, -0.1) is 0 Å². The van der Waals surface area contributed by atoms with Crippen LogP contribution in [0.1, 0.15) is 26.7 Å². The third-order valence-corrected chi connectivity index (χ3v) is 4.62. The minimum atomic E-state index is 0.271. The SMILES string of the molecule is CCC(CC)(CBr)COCCOc1ccccc1. The molecule has 0 aliphatic heterocycles. The van der Waals surface area contributed by atoms with Crippen LogP contribution in [0.25, 0.3) is 0 Å². The first kappa shape index (κ1) is 15.5. The Morgan fingerprint density at radius 2 is 1.72 bits per heavy atom. The molecule has 102 valence electrons. The normalized spacial score (nSPS) is 11.5. The molecular formula is C15H23BrO2. The predicted octanol–water partition coefficient (Wildman–Crippen LogP) is 4.28. The highest BCUT2D eigenvalue weighted by atomic mass is 79.9. The van der Waals surface area contributed by atoms with Gasteiger partial charge in [-0.3, -0.25) is 0 Å². The van der Waals surface area contributed by atoms with Crippen molar-refractivity contribution in [1.29, 1.82) is 0 Å². The van der Waals surface area contributed by atoms with E-state index in [1.54, 1.807) is 0 Å². The van der Waals surface area contributed by atoms with E-state index in [4.69, 9.17) is 9.47 Å². The molecular weight excluding hydrogens is 292 g/mol. The van der Waals surface area contributed by atoms with Gasteiger partial charge in [0.2, 0.25) is 0 Å². The van der Waals surface area contributed by atoms with Crippen molar-refractivity contribution in [2.24, 2.45) is 5.41 Å². The maximum Gasteiger partial charge on any atom is 0.119 e. The second-order valence-corrected chi connectivity index (χ2v) is 5.12. The number of para-hydroxylation sites is 1. The zero-order chi connectivity index (χ0) is 13.3. The highest BCUT2D eigenvalue weighted by molar-refractivity contribution is 9.09. The van der Waals surface area contributed by atoms with Crippen molar-refractivity contribution in [3.8, 4) is 5.75 Å². The molecule has 1 rings (SSSR count). The molecule has 0 aliphatic rings. The van der Waals surface area contributed by atoms with Crippen molar-refractivity contribution in [1.82, 2.24) is 0 Å². The number of benzene rings is 1. The van der Waals surface area contributed by atoms with Gasteiger partial charge in [-0.2, -0.15) is 0 Å². The molecule has 0 amide bonds. The number of hydrogen-bond acceptors (Lipinski definition) is 2. The van der Waals surface area contributed by atoms with Gasteiger partial charge in [0, 0.05) is 10.7 Å². The summed E-state index contributed by atoms with van der Waals surface area (Å²) in [7, 11) is 0. The molecule has 0 fully saturated rings. The average Bonchev–Trinajstić information content (AvgIpc) is 2.45. The van der Waals surface area contributed by atoms with Gasteiger partial charge in [0.05, 0.1) is 13.2 Å². The zero-order valence-electron chi connectivity index (χ0n) is 11.3. The maximum atomic E-state index is 5.74. The van der Waals surface area contributed by atoms with E-state index < -0.39 is 0 Å². The van der Waals surface area contributed by atoms with Crippen LogP contribution in [-0.4, -0.2) is 25.2 Å². The Kier molecular flexibility index (Phi) is 7.36. The molecule has 0 atom stereocenters. The van der Waals surface area contributed by atoms with Crippen molar-refractivity contribution < 1.29 is 9.47 Å². The topological polar surface area (TPSA) is 18.5 Å². The molecule has 0 aliphatic carbocycles. The number of ether oxygens (including phenoxy) is 2. The van der Waals surface area contributed by atoms with E-state index in [-0.39, 0.29) is 5.41 Å². The average molecular weight is 315 g/mol. The minimum absolute atomic E-state index is 0.271. The Balaban J connectivity index is 2.18. The molecule has 2 nitrogen and oxygen atoms in total. The Morgan fingerprint density at radius 3 is 2.28 bits per heavy atom. The standard InChI is InChI=1S/C15H23BrO2/c1-3-15(4-2,12-16)13-17-10-11-18-14-8-6-5-7-9-14/h5-9H,3-4,10-13H2,1-2H3. The van der Waals surface area contributed by atoms with E-state index in [1.165, 1.54) is 0 Å². The van der Waals surface area contributed by atoms with Crippen LogP contribution in [0.2, 0.25) is 0 Å². The van der Waals surface area contributed by atoms with Crippen LogP contribution < -0.4 is 4.74 Å². The molecule has 18 heavy (non-hydrogen) atoms. The lowest BCUT2D eigenvalue weighted by molar-refractivity contribution is 0.0354. The quantitative estimate of drug-likeness (QED) is 0.500. The fraction of sp³-hybridized carbons (Fsp3) is 0.600. The second-order valence-electron chi connectivity index (χ2n) is 4.55. The monoisotopic (exact) mass is 314 g/mol. The van der Waals surface area contributed by atoms with Gasteiger partial charge < -0.3 is 9.47 Å².